The Morgan fingerprint density at radius 3 is 2.37 bits per heavy atom. The van der Waals surface area contributed by atoms with Crippen molar-refractivity contribution in [3.8, 4) is 6.07 Å². The van der Waals surface area contributed by atoms with Crippen LogP contribution in [0, 0.1) is 56.2 Å². The Balaban J connectivity index is 1.54. The molecule has 5 heteroatoms. The minimum absolute atomic E-state index is 0.0508. The quantitative estimate of drug-likeness (QED) is 0.413. The maximum absolute atomic E-state index is 14.5. The minimum atomic E-state index is -0.631. The molecular formula is C33H43N3O2. The molecule has 0 saturated heterocycles. The van der Waals surface area contributed by atoms with E-state index in [1.165, 1.54) is 5.57 Å². The van der Waals surface area contributed by atoms with Gasteiger partial charge >= 0.3 is 0 Å². The predicted octanol–water partition coefficient (Wildman–Crippen LogP) is 6.81. The molecule has 6 rings (SSSR count). The number of ketones is 2. The number of fused-ring (bicyclic) bond motifs is 7. The lowest BCUT2D eigenvalue weighted by molar-refractivity contribution is -0.167. The summed E-state index contributed by atoms with van der Waals surface area (Å²) in [5.41, 5.74) is 0.0856. The van der Waals surface area contributed by atoms with Crippen molar-refractivity contribution in [3.63, 3.8) is 0 Å². The molecule has 0 spiro atoms. The van der Waals surface area contributed by atoms with Crippen molar-refractivity contribution in [2.45, 2.75) is 99.0 Å². The molecule has 2 unspecified atom stereocenters. The molecule has 3 saturated carbocycles. The van der Waals surface area contributed by atoms with Gasteiger partial charge in [0.15, 0.2) is 11.6 Å². The number of imidazole rings is 1. The standard InChI is InChI=1S/C33H43N3O2/c1-28(2)10-12-33(36-15-14-35-20-36)13-11-32(7)26(22(33)18-28)23(37)16-25-30(5)17-21(19-34)27(38)29(3,4)24(30)8-9-31(25,32)6/h14-17,20,22,24,26H,8-13,18H2,1-7H3/t22?,24?,26-,30-,31+,32+,33-/m0/s1. The third-order valence-electron chi connectivity index (χ3n) is 12.8. The average Bonchev–Trinajstić information content (AvgIpc) is 3.38. The molecule has 0 N–H and O–H groups in total. The van der Waals surface area contributed by atoms with E-state index < -0.39 is 10.8 Å². The van der Waals surface area contributed by atoms with Gasteiger partial charge in [-0.3, -0.25) is 9.59 Å². The smallest absolute Gasteiger partial charge is 0.178 e. The minimum Gasteiger partial charge on any atom is -0.331 e. The summed E-state index contributed by atoms with van der Waals surface area (Å²) in [5.74, 6) is 0.487. The van der Waals surface area contributed by atoms with Crippen LogP contribution in [0.3, 0.4) is 0 Å². The molecule has 0 aromatic carbocycles. The molecule has 1 heterocycles. The number of Topliss-reactive ketones (excluding diaryl/α,β-unsaturated/α-hetero) is 1. The van der Waals surface area contributed by atoms with Crippen molar-refractivity contribution >= 4 is 11.6 Å². The largest absolute Gasteiger partial charge is 0.331 e. The number of nitrogens with zero attached hydrogens (tertiary/aromatic N) is 3. The molecule has 0 radical (unpaired) electrons. The Kier molecular flexibility index (Phi) is 5.14. The highest BCUT2D eigenvalue weighted by molar-refractivity contribution is 6.04. The molecule has 1 aromatic heterocycles. The van der Waals surface area contributed by atoms with Crippen molar-refractivity contribution in [2.24, 2.45) is 44.8 Å². The van der Waals surface area contributed by atoms with Crippen molar-refractivity contribution in [3.05, 3.63) is 42.0 Å². The predicted molar refractivity (Wildman–Crippen MR) is 147 cm³/mol. The zero-order valence-electron chi connectivity index (χ0n) is 24.2. The van der Waals surface area contributed by atoms with Crippen LogP contribution in [-0.4, -0.2) is 21.1 Å². The SMILES string of the molecule is CC1(C)CC[C@]2(n3ccnc3)CC[C@]3(C)[C@H](C(=O)C=C4[C@@]5(C)C=C(C#N)C(=O)C(C)(C)C5CC[C@]43C)C2C1. The van der Waals surface area contributed by atoms with Gasteiger partial charge in [-0.15, -0.1) is 0 Å². The normalized spacial score (nSPS) is 44.9. The van der Waals surface area contributed by atoms with Gasteiger partial charge in [0.2, 0.25) is 0 Å². The van der Waals surface area contributed by atoms with Crippen LogP contribution in [0.5, 0.6) is 0 Å². The van der Waals surface area contributed by atoms with Gasteiger partial charge in [-0.25, -0.2) is 4.98 Å². The highest BCUT2D eigenvalue weighted by Gasteiger charge is 2.70. The van der Waals surface area contributed by atoms with Crippen LogP contribution in [0.1, 0.15) is 93.4 Å². The summed E-state index contributed by atoms with van der Waals surface area (Å²) in [4.78, 5) is 32.2. The van der Waals surface area contributed by atoms with E-state index in [0.29, 0.717) is 0 Å². The molecule has 0 bridgehead atoms. The van der Waals surface area contributed by atoms with Gasteiger partial charge in [0.25, 0.3) is 0 Å². The number of aromatic nitrogens is 2. The topological polar surface area (TPSA) is 75.8 Å². The first kappa shape index (κ1) is 25.8. The summed E-state index contributed by atoms with van der Waals surface area (Å²) >= 11 is 0. The Hall–Kier alpha value is -2.48. The summed E-state index contributed by atoms with van der Waals surface area (Å²) in [6, 6.07) is 2.21. The van der Waals surface area contributed by atoms with Gasteiger partial charge in [0, 0.05) is 34.7 Å². The van der Waals surface area contributed by atoms with Crippen LogP contribution in [0.2, 0.25) is 0 Å². The van der Waals surface area contributed by atoms with Crippen LogP contribution in [0.15, 0.2) is 42.0 Å². The molecule has 0 amide bonds. The van der Waals surface area contributed by atoms with Gasteiger partial charge in [-0.2, -0.15) is 5.26 Å². The Bertz CT molecular complexity index is 1330. The van der Waals surface area contributed by atoms with Gasteiger partial charge in [0.1, 0.15) is 6.07 Å². The van der Waals surface area contributed by atoms with E-state index in [4.69, 9.17) is 0 Å². The van der Waals surface area contributed by atoms with Crippen molar-refractivity contribution < 1.29 is 9.59 Å². The van der Waals surface area contributed by atoms with Gasteiger partial charge in [-0.1, -0.05) is 60.1 Å². The summed E-state index contributed by atoms with van der Waals surface area (Å²) < 4.78 is 2.34. The average molecular weight is 514 g/mol. The zero-order valence-corrected chi connectivity index (χ0v) is 24.2. The fourth-order valence-corrected chi connectivity index (χ4v) is 10.6. The van der Waals surface area contributed by atoms with E-state index in [-0.39, 0.29) is 56.7 Å². The molecule has 202 valence electrons. The maximum atomic E-state index is 14.5. The molecule has 1 aromatic rings. The maximum Gasteiger partial charge on any atom is 0.178 e. The number of hydrogen-bond donors (Lipinski definition) is 0. The van der Waals surface area contributed by atoms with Gasteiger partial charge in [-0.05, 0) is 79.1 Å². The van der Waals surface area contributed by atoms with E-state index in [0.717, 1.165) is 44.9 Å². The lowest BCUT2D eigenvalue weighted by atomic mass is 9.35. The number of allylic oxidation sites excluding steroid dienone is 4. The molecule has 38 heavy (non-hydrogen) atoms. The van der Waals surface area contributed by atoms with Crippen LogP contribution < -0.4 is 0 Å². The van der Waals surface area contributed by atoms with Crippen molar-refractivity contribution in [1.29, 1.82) is 5.26 Å². The first-order chi connectivity index (χ1) is 17.7. The van der Waals surface area contributed by atoms with Crippen molar-refractivity contribution in [2.75, 3.05) is 0 Å². The fraction of sp³-hybridized carbons (Fsp3) is 0.697. The molecule has 7 atom stereocenters. The van der Waals surface area contributed by atoms with Crippen LogP contribution in [0.25, 0.3) is 0 Å². The van der Waals surface area contributed by atoms with Crippen LogP contribution >= 0.6 is 0 Å². The molecule has 3 fully saturated rings. The molecular weight excluding hydrogens is 470 g/mol. The number of hydrogen-bond acceptors (Lipinski definition) is 4. The second kappa shape index (κ2) is 7.58. The molecule has 5 aliphatic carbocycles. The summed E-state index contributed by atoms with van der Waals surface area (Å²) in [6.45, 7) is 15.8. The second-order valence-corrected chi connectivity index (χ2v) is 15.3. The van der Waals surface area contributed by atoms with E-state index in [9.17, 15) is 14.9 Å². The fourth-order valence-electron chi connectivity index (χ4n) is 10.6. The van der Waals surface area contributed by atoms with Gasteiger partial charge < -0.3 is 4.57 Å². The van der Waals surface area contributed by atoms with E-state index in [1.54, 1.807) is 0 Å². The van der Waals surface area contributed by atoms with E-state index in [2.05, 4.69) is 56.4 Å². The van der Waals surface area contributed by atoms with Crippen molar-refractivity contribution in [1.82, 2.24) is 9.55 Å². The second-order valence-electron chi connectivity index (χ2n) is 15.3. The lowest BCUT2D eigenvalue weighted by Crippen LogP contribution is -2.66. The van der Waals surface area contributed by atoms with Crippen LogP contribution in [-0.2, 0) is 15.1 Å². The third-order valence-corrected chi connectivity index (χ3v) is 12.8. The summed E-state index contributed by atoms with van der Waals surface area (Å²) in [5, 5.41) is 9.91. The first-order valence-corrected chi connectivity index (χ1v) is 14.6. The lowest BCUT2D eigenvalue weighted by Gasteiger charge is -2.69. The molecule has 0 aliphatic heterocycles. The zero-order chi connectivity index (χ0) is 27.5. The van der Waals surface area contributed by atoms with E-state index in [1.807, 2.05) is 38.5 Å². The number of nitriles is 1. The monoisotopic (exact) mass is 513 g/mol. The summed E-state index contributed by atoms with van der Waals surface area (Å²) in [6.07, 6.45) is 17.1. The highest BCUT2D eigenvalue weighted by atomic mass is 16.1. The molecule has 5 nitrogen and oxygen atoms in total. The highest BCUT2D eigenvalue weighted by Crippen LogP contribution is 2.74. The van der Waals surface area contributed by atoms with E-state index >= 15 is 0 Å². The molecule has 5 aliphatic rings. The Morgan fingerprint density at radius 1 is 1.00 bits per heavy atom. The van der Waals surface area contributed by atoms with Gasteiger partial charge in [0.05, 0.1) is 11.9 Å². The number of rotatable bonds is 1. The Labute approximate surface area is 227 Å². The Morgan fingerprint density at radius 2 is 1.71 bits per heavy atom. The third kappa shape index (κ3) is 2.96. The van der Waals surface area contributed by atoms with Crippen LogP contribution in [0.4, 0.5) is 0 Å². The number of carbonyl (C=O) groups excluding carboxylic acids is 2. The first-order valence-electron chi connectivity index (χ1n) is 14.6. The number of carbonyl (C=O) groups is 2. The summed E-state index contributed by atoms with van der Waals surface area (Å²) in [7, 11) is 0.